The summed E-state index contributed by atoms with van der Waals surface area (Å²) in [7, 11) is 0. The summed E-state index contributed by atoms with van der Waals surface area (Å²) in [4.78, 5) is 25.9. The van der Waals surface area contributed by atoms with Gasteiger partial charge in [0.1, 0.15) is 11.6 Å². The van der Waals surface area contributed by atoms with Gasteiger partial charge in [-0.05, 0) is 50.2 Å². The van der Waals surface area contributed by atoms with Crippen LogP contribution in [0.25, 0.3) is 0 Å². The molecule has 3 rings (SSSR count). The van der Waals surface area contributed by atoms with Crippen molar-refractivity contribution in [1.29, 1.82) is 0 Å². The number of hydrogen-bond donors (Lipinski definition) is 1. The van der Waals surface area contributed by atoms with Crippen LogP contribution in [0.2, 0.25) is 0 Å². The lowest BCUT2D eigenvalue weighted by molar-refractivity contribution is -0.125. The Hall–Kier alpha value is -2.89. The summed E-state index contributed by atoms with van der Waals surface area (Å²) in [5.41, 5.74) is 1.58. The predicted octanol–water partition coefficient (Wildman–Crippen LogP) is 3.21. The molecule has 2 aromatic rings. The number of nitrogens with one attached hydrogen (secondary N) is 1. The number of likely N-dealkylation sites (N-methyl/N-ethyl adjacent to an activating group) is 1. The Labute approximate surface area is 139 Å². The number of ether oxygens (including phenoxy) is 1. The van der Waals surface area contributed by atoms with Gasteiger partial charge in [-0.2, -0.15) is 0 Å². The van der Waals surface area contributed by atoms with Gasteiger partial charge < -0.3 is 15.0 Å². The summed E-state index contributed by atoms with van der Waals surface area (Å²) < 4.78 is 18.6. The van der Waals surface area contributed by atoms with Crippen LogP contribution < -0.4 is 15.0 Å². The highest BCUT2D eigenvalue weighted by atomic mass is 19.1. The van der Waals surface area contributed by atoms with Crippen LogP contribution in [0.15, 0.2) is 42.5 Å². The molecule has 0 aromatic heterocycles. The van der Waals surface area contributed by atoms with Gasteiger partial charge in [0.05, 0.1) is 5.69 Å². The van der Waals surface area contributed by atoms with Crippen LogP contribution in [0, 0.1) is 5.82 Å². The van der Waals surface area contributed by atoms with Gasteiger partial charge in [-0.15, -0.1) is 0 Å². The molecule has 6 heteroatoms. The van der Waals surface area contributed by atoms with E-state index in [2.05, 4.69) is 5.32 Å². The molecule has 1 aliphatic heterocycles. The summed E-state index contributed by atoms with van der Waals surface area (Å²) in [6, 6.07) is 10.4. The zero-order valence-corrected chi connectivity index (χ0v) is 13.4. The van der Waals surface area contributed by atoms with E-state index in [9.17, 15) is 14.0 Å². The largest absolute Gasteiger partial charge is 0.479 e. The maximum Gasteiger partial charge on any atom is 0.267 e. The highest BCUT2D eigenvalue weighted by Gasteiger charge is 2.30. The van der Waals surface area contributed by atoms with Gasteiger partial charge in [-0.1, -0.05) is 0 Å². The number of anilines is 2. The number of nitrogens with zero attached hydrogens (tertiary/aromatic N) is 1. The topological polar surface area (TPSA) is 58.6 Å². The van der Waals surface area contributed by atoms with Gasteiger partial charge in [0, 0.05) is 23.9 Å². The van der Waals surface area contributed by atoms with Crippen LogP contribution in [-0.4, -0.2) is 24.5 Å². The molecule has 0 spiro atoms. The van der Waals surface area contributed by atoms with Crippen molar-refractivity contribution in [2.45, 2.75) is 20.0 Å². The minimum Gasteiger partial charge on any atom is -0.479 e. The predicted molar refractivity (Wildman–Crippen MR) is 88.9 cm³/mol. The molecule has 1 aliphatic rings. The Kier molecular flexibility index (Phi) is 4.20. The van der Waals surface area contributed by atoms with Crippen molar-refractivity contribution >= 4 is 23.2 Å². The first-order chi connectivity index (χ1) is 11.5. The minimum atomic E-state index is -0.569. The van der Waals surface area contributed by atoms with E-state index < -0.39 is 11.9 Å². The van der Waals surface area contributed by atoms with Crippen molar-refractivity contribution in [2.24, 2.45) is 0 Å². The van der Waals surface area contributed by atoms with Crippen molar-refractivity contribution in [1.82, 2.24) is 0 Å². The monoisotopic (exact) mass is 328 g/mol. The first kappa shape index (κ1) is 16.0. The zero-order valence-electron chi connectivity index (χ0n) is 13.4. The SMILES string of the molecule is CCN1C(=O)C(C)Oc2cc(NC(=O)c3ccc(F)cc3)ccc21. The Bertz CT molecular complexity index is 789. The van der Waals surface area contributed by atoms with Crippen LogP contribution in [0.4, 0.5) is 15.8 Å². The van der Waals surface area contributed by atoms with Crippen LogP contribution >= 0.6 is 0 Å². The highest BCUT2D eigenvalue weighted by molar-refractivity contribution is 6.05. The summed E-state index contributed by atoms with van der Waals surface area (Å²) in [6.45, 7) is 4.13. The van der Waals surface area contributed by atoms with Gasteiger partial charge in [0.25, 0.3) is 11.8 Å². The highest BCUT2D eigenvalue weighted by Crippen LogP contribution is 2.36. The molecule has 5 nitrogen and oxygen atoms in total. The molecule has 1 unspecified atom stereocenters. The zero-order chi connectivity index (χ0) is 17.3. The second-order valence-corrected chi connectivity index (χ2v) is 5.49. The summed E-state index contributed by atoms with van der Waals surface area (Å²) >= 11 is 0. The number of halogens is 1. The second kappa shape index (κ2) is 6.31. The van der Waals surface area contributed by atoms with Crippen LogP contribution in [0.3, 0.4) is 0 Å². The van der Waals surface area contributed by atoms with E-state index in [-0.39, 0.29) is 11.8 Å². The first-order valence-corrected chi connectivity index (χ1v) is 7.68. The average Bonchev–Trinajstić information content (AvgIpc) is 2.57. The molecule has 0 radical (unpaired) electrons. The third-order valence-electron chi connectivity index (χ3n) is 3.85. The standard InChI is InChI=1S/C18H17FN2O3/c1-3-21-15-9-8-14(10-16(15)24-11(2)18(21)23)20-17(22)12-4-6-13(19)7-5-12/h4-11H,3H2,1-2H3,(H,20,22). The summed E-state index contributed by atoms with van der Waals surface area (Å²) in [6.07, 6.45) is -0.569. The lowest BCUT2D eigenvalue weighted by atomic mass is 10.1. The molecule has 1 heterocycles. The Morgan fingerprint density at radius 1 is 1.25 bits per heavy atom. The molecule has 1 N–H and O–H groups in total. The smallest absolute Gasteiger partial charge is 0.267 e. The number of carbonyl (C=O) groups is 2. The normalized spacial score (nSPS) is 16.4. The third-order valence-corrected chi connectivity index (χ3v) is 3.85. The number of amides is 2. The van der Waals surface area contributed by atoms with Gasteiger partial charge >= 0.3 is 0 Å². The molecular formula is C18H17FN2O3. The van der Waals surface area contributed by atoms with Crippen molar-refractivity contribution in [2.75, 3.05) is 16.8 Å². The molecule has 0 aliphatic carbocycles. The van der Waals surface area contributed by atoms with Crippen LogP contribution in [0.1, 0.15) is 24.2 Å². The van der Waals surface area contributed by atoms with E-state index in [1.807, 2.05) is 6.92 Å². The number of fused-ring (bicyclic) bond motifs is 1. The average molecular weight is 328 g/mol. The second-order valence-electron chi connectivity index (χ2n) is 5.49. The van der Waals surface area contributed by atoms with E-state index in [1.54, 1.807) is 30.0 Å². The van der Waals surface area contributed by atoms with Gasteiger partial charge in [0.2, 0.25) is 0 Å². The fourth-order valence-electron chi connectivity index (χ4n) is 2.62. The Morgan fingerprint density at radius 3 is 2.62 bits per heavy atom. The van der Waals surface area contributed by atoms with E-state index in [0.29, 0.717) is 29.2 Å². The molecule has 1 atom stereocenters. The fraction of sp³-hybridized carbons (Fsp3) is 0.222. The van der Waals surface area contributed by atoms with E-state index in [1.165, 1.54) is 24.3 Å². The lowest BCUT2D eigenvalue weighted by Gasteiger charge is -2.32. The van der Waals surface area contributed by atoms with Crippen molar-refractivity contribution in [3.8, 4) is 5.75 Å². The molecular weight excluding hydrogens is 311 g/mol. The summed E-state index contributed by atoms with van der Waals surface area (Å²) in [5.74, 6) is -0.289. The molecule has 0 bridgehead atoms. The minimum absolute atomic E-state index is 0.0897. The number of hydrogen-bond acceptors (Lipinski definition) is 3. The maximum atomic E-state index is 12.9. The first-order valence-electron chi connectivity index (χ1n) is 7.68. The summed E-state index contributed by atoms with van der Waals surface area (Å²) in [5, 5.41) is 2.74. The number of benzene rings is 2. The number of rotatable bonds is 3. The third kappa shape index (κ3) is 2.95. The van der Waals surface area contributed by atoms with Crippen LogP contribution in [-0.2, 0) is 4.79 Å². The van der Waals surface area contributed by atoms with Crippen molar-refractivity contribution < 1.29 is 18.7 Å². The van der Waals surface area contributed by atoms with Gasteiger partial charge in [-0.3, -0.25) is 9.59 Å². The Balaban J connectivity index is 1.84. The van der Waals surface area contributed by atoms with E-state index in [0.717, 1.165) is 0 Å². The lowest BCUT2D eigenvalue weighted by Crippen LogP contribution is -2.44. The molecule has 0 saturated heterocycles. The number of carbonyl (C=O) groups excluding carboxylic acids is 2. The Morgan fingerprint density at radius 2 is 1.96 bits per heavy atom. The van der Waals surface area contributed by atoms with Gasteiger partial charge in [0.15, 0.2) is 6.10 Å². The fourth-order valence-corrected chi connectivity index (χ4v) is 2.62. The van der Waals surface area contributed by atoms with Gasteiger partial charge in [-0.25, -0.2) is 4.39 Å². The quantitative estimate of drug-likeness (QED) is 0.941. The van der Waals surface area contributed by atoms with E-state index in [4.69, 9.17) is 4.74 Å². The van der Waals surface area contributed by atoms with Crippen molar-refractivity contribution in [3.63, 3.8) is 0 Å². The maximum absolute atomic E-state index is 12.9. The molecule has 0 fully saturated rings. The van der Waals surface area contributed by atoms with Crippen molar-refractivity contribution in [3.05, 3.63) is 53.8 Å². The van der Waals surface area contributed by atoms with E-state index >= 15 is 0 Å². The molecule has 2 aromatic carbocycles. The molecule has 0 saturated carbocycles. The van der Waals surface area contributed by atoms with Crippen LogP contribution in [0.5, 0.6) is 5.75 Å². The molecule has 24 heavy (non-hydrogen) atoms. The molecule has 2 amide bonds. The molecule has 124 valence electrons.